The Morgan fingerprint density at radius 2 is 1.75 bits per heavy atom. The van der Waals surface area contributed by atoms with Gasteiger partial charge in [0.1, 0.15) is 11.6 Å². The Bertz CT molecular complexity index is 1020. The summed E-state index contributed by atoms with van der Waals surface area (Å²) >= 11 is 0. The second-order valence-corrected chi connectivity index (χ2v) is 8.97. The first-order valence-electron chi connectivity index (χ1n) is 11.8. The van der Waals surface area contributed by atoms with Crippen molar-refractivity contribution in [3.05, 3.63) is 88.9 Å². The van der Waals surface area contributed by atoms with Gasteiger partial charge in [0.25, 0.3) is 0 Å². The molecule has 2 aliphatic rings. The number of nitrogens with zero attached hydrogens (tertiary/aromatic N) is 4. The minimum Gasteiger partial charge on any atom is -0.376 e. The van der Waals surface area contributed by atoms with Crippen LogP contribution in [0.3, 0.4) is 0 Å². The van der Waals surface area contributed by atoms with E-state index in [-0.39, 0.29) is 6.10 Å². The van der Waals surface area contributed by atoms with Gasteiger partial charge in [-0.2, -0.15) is 0 Å². The van der Waals surface area contributed by atoms with E-state index in [2.05, 4.69) is 70.5 Å². The molecule has 166 valence electrons. The molecule has 0 bridgehead atoms. The summed E-state index contributed by atoms with van der Waals surface area (Å²) in [4.78, 5) is 14.8. The molecule has 5 nitrogen and oxygen atoms in total. The van der Waals surface area contributed by atoms with E-state index in [0.29, 0.717) is 0 Å². The highest BCUT2D eigenvalue weighted by Crippen LogP contribution is 2.30. The van der Waals surface area contributed by atoms with E-state index in [1.54, 1.807) is 0 Å². The molecule has 1 fully saturated rings. The van der Waals surface area contributed by atoms with Gasteiger partial charge in [0, 0.05) is 51.3 Å². The molecule has 2 aromatic carbocycles. The summed E-state index contributed by atoms with van der Waals surface area (Å²) in [6.07, 6.45) is 3.51. The van der Waals surface area contributed by atoms with Gasteiger partial charge in [-0.1, -0.05) is 60.7 Å². The highest BCUT2D eigenvalue weighted by Gasteiger charge is 2.27. The van der Waals surface area contributed by atoms with E-state index in [0.717, 1.165) is 70.2 Å². The maximum absolute atomic E-state index is 6.02. The lowest BCUT2D eigenvalue weighted by atomic mass is 10.0. The molecule has 0 spiro atoms. The van der Waals surface area contributed by atoms with Gasteiger partial charge in [0.2, 0.25) is 0 Å². The Morgan fingerprint density at radius 3 is 2.47 bits per heavy atom. The minimum atomic E-state index is 0.272. The molecule has 0 radical (unpaired) electrons. The van der Waals surface area contributed by atoms with Gasteiger partial charge in [0.15, 0.2) is 0 Å². The fourth-order valence-corrected chi connectivity index (χ4v) is 4.88. The third kappa shape index (κ3) is 5.00. The van der Waals surface area contributed by atoms with Crippen molar-refractivity contribution in [1.82, 2.24) is 14.9 Å². The third-order valence-electron chi connectivity index (χ3n) is 6.44. The molecule has 32 heavy (non-hydrogen) atoms. The van der Waals surface area contributed by atoms with E-state index in [9.17, 15) is 0 Å². The van der Waals surface area contributed by atoms with Crippen molar-refractivity contribution in [1.29, 1.82) is 0 Å². The summed E-state index contributed by atoms with van der Waals surface area (Å²) < 4.78 is 6.02. The molecule has 2 aliphatic heterocycles. The number of fused-ring (bicyclic) bond motifs is 1. The van der Waals surface area contributed by atoms with Crippen LogP contribution in [0.1, 0.15) is 41.1 Å². The van der Waals surface area contributed by atoms with Crippen molar-refractivity contribution >= 4 is 5.82 Å². The molecule has 0 unspecified atom stereocenters. The van der Waals surface area contributed by atoms with Crippen LogP contribution in [0, 0.1) is 6.92 Å². The lowest BCUT2D eigenvalue weighted by Crippen LogP contribution is -2.37. The van der Waals surface area contributed by atoms with Crippen molar-refractivity contribution in [3.63, 3.8) is 0 Å². The lowest BCUT2D eigenvalue weighted by Gasteiger charge is -2.34. The summed E-state index contributed by atoms with van der Waals surface area (Å²) in [5.41, 5.74) is 5.15. The number of ether oxygens (including phenoxy) is 1. The number of benzene rings is 2. The predicted molar refractivity (Wildman–Crippen MR) is 127 cm³/mol. The molecule has 1 aromatic heterocycles. The van der Waals surface area contributed by atoms with E-state index in [4.69, 9.17) is 14.7 Å². The Morgan fingerprint density at radius 1 is 1.00 bits per heavy atom. The van der Waals surface area contributed by atoms with E-state index in [1.807, 2.05) is 6.92 Å². The van der Waals surface area contributed by atoms with E-state index >= 15 is 0 Å². The zero-order chi connectivity index (χ0) is 21.8. The van der Waals surface area contributed by atoms with Gasteiger partial charge in [-0.3, -0.25) is 4.90 Å². The molecule has 1 saturated heterocycles. The third-order valence-corrected chi connectivity index (χ3v) is 6.44. The minimum absolute atomic E-state index is 0.272. The fourth-order valence-electron chi connectivity index (χ4n) is 4.88. The summed E-state index contributed by atoms with van der Waals surface area (Å²) in [5.74, 6) is 1.95. The number of hydrogen-bond acceptors (Lipinski definition) is 5. The summed E-state index contributed by atoms with van der Waals surface area (Å²) in [7, 11) is 0. The van der Waals surface area contributed by atoms with Crippen LogP contribution in [-0.4, -0.2) is 40.7 Å². The number of aryl methyl sites for hydroxylation is 1. The average Bonchev–Trinajstić information content (AvgIpc) is 3.33. The van der Waals surface area contributed by atoms with Crippen LogP contribution in [0.5, 0.6) is 0 Å². The summed E-state index contributed by atoms with van der Waals surface area (Å²) in [6, 6.07) is 21.4. The lowest BCUT2D eigenvalue weighted by molar-refractivity contribution is 0.115. The van der Waals surface area contributed by atoms with Gasteiger partial charge in [-0.05, 0) is 30.9 Å². The number of aromatic nitrogens is 2. The van der Waals surface area contributed by atoms with Gasteiger partial charge >= 0.3 is 0 Å². The van der Waals surface area contributed by atoms with Crippen molar-refractivity contribution < 1.29 is 4.74 Å². The zero-order valence-electron chi connectivity index (χ0n) is 18.9. The van der Waals surface area contributed by atoms with Crippen molar-refractivity contribution in [2.75, 3.05) is 24.6 Å². The van der Waals surface area contributed by atoms with Crippen LogP contribution in [0.15, 0.2) is 60.7 Å². The maximum atomic E-state index is 6.02. The molecular weight excluding hydrogens is 396 g/mol. The largest absolute Gasteiger partial charge is 0.376 e. The Labute approximate surface area is 191 Å². The molecule has 5 heteroatoms. The fraction of sp³-hybridized carbons (Fsp3) is 0.407. The van der Waals surface area contributed by atoms with E-state index in [1.165, 1.54) is 22.4 Å². The number of anilines is 1. The van der Waals surface area contributed by atoms with Crippen LogP contribution in [0.2, 0.25) is 0 Å². The molecule has 0 amide bonds. The van der Waals surface area contributed by atoms with Gasteiger partial charge < -0.3 is 9.64 Å². The molecule has 3 aromatic rings. The van der Waals surface area contributed by atoms with E-state index < -0.39 is 0 Å². The first-order valence-corrected chi connectivity index (χ1v) is 11.8. The van der Waals surface area contributed by atoms with Gasteiger partial charge in [0.05, 0.1) is 11.8 Å². The normalized spacial score (nSPS) is 18.5. The van der Waals surface area contributed by atoms with Crippen molar-refractivity contribution in [2.24, 2.45) is 0 Å². The molecule has 0 aliphatic carbocycles. The highest BCUT2D eigenvalue weighted by atomic mass is 16.5. The monoisotopic (exact) mass is 428 g/mol. The van der Waals surface area contributed by atoms with Crippen LogP contribution in [0.4, 0.5) is 5.82 Å². The standard InChI is InChI=1S/C27H32N4O/c1-21-28-26-14-15-30(17-22-9-4-2-5-10-22)20-25(26)27(29-21)31(19-24-13-8-16-32-24)18-23-11-6-3-7-12-23/h2-7,9-12,24H,8,13-20H2,1H3/t24-/m1/s1. The van der Waals surface area contributed by atoms with Crippen molar-refractivity contribution in [2.45, 2.75) is 51.9 Å². The topological polar surface area (TPSA) is 41.5 Å². The average molecular weight is 429 g/mol. The second kappa shape index (κ2) is 9.80. The number of hydrogen-bond donors (Lipinski definition) is 0. The first-order chi connectivity index (χ1) is 15.7. The Kier molecular flexibility index (Phi) is 6.46. The Hall–Kier alpha value is -2.76. The van der Waals surface area contributed by atoms with Crippen LogP contribution in [0.25, 0.3) is 0 Å². The smallest absolute Gasteiger partial charge is 0.137 e. The zero-order valence-corrected chi connectivity index (χ0v) is 18.9. The molecule has 3 heterocycles. The summed E-state index contributed by atoms with van der Waals surface area (Å²) in [5, 5.41) is 0. The molecule has 0 N–H and O–H groups in total. The molecule has 1 atom stereocenters. The number of rotatable bonds is 7. The molecule has 0 saturated carbocycles. The molecular formula is C27H32N4O. The first kappa shape index (κ1) is 21.1. The maximum Gasteiger partial charge on any atom is 0.137 e. The van der Waals surface area contributed by atoms with Gasteiger partial charge in [-0.25, -0.2) is 9.97 Å². The summed E-state index contributed by atoms with van der Waals surface area (Å²) in [6.45, 7) is 7.47. The van der Waals surface area contributed by atoms with Crippen LogP contribution < -0.4 is 4.90 Å². The molecule has 5 rings (SSSR count). The van der Waals surface area contributed by atoms with Crippen LogP contribution in [-0.2, 0) is 30.8 Å². The van der Waals surface area contributed by atoms with Gasteiger partial charge in [-0.15, -0.1) is 0 Å². The van der Waals surface area contributed by atoms with Crippen molar-refractivity contribution in [3.8, 4) is 0 Å². The highest BCUT2D eigenvalue weighted by molar-refractivity contribution is 5.51. The SMILES string of the molecule is Cc1nc2c(c(N(Cc3ccccc3)C[C@H]3CCCO3)n1)CN(Cc1ccccc1)CC2. The second-order valence-electron chi connectivity index (χ2n) is 8.97. The van der Waals surface area contributed by atoms with Crippen LogP contribution >= 0.6 is 0 Å². The Balaban J connectivity index is 1.45. The quantitative estimate of drug-likeness (QED) is 0.553. The predicted octanol–water partition coefficient (Wildman–Crippen LogP) is 4.53.